The fourth-order valence-corrected chi connectivity index (χ4v) is 3.24. The number of nitrogens with one attached hydrogen (secondary N) is 3. The Hall–Kier alpha value is -3.17. The van der Waals surface area contributed by atoms with Gasteiger partial charge in [0.25, 0.3) is 11.8 Å². The minimum Gasteiger partial charge on any atom is -0.493 e. The summed E-state index contributed by atoms with van der Waals surface area (Å²) in [5.74, 6) is 0.0767. The molecule has 0 spiro atoms. The van der Waals surface area contributed by atoms with Crippen LogP contribution in [0.3, 0.4) is 0 Å². The van der Waals surface area contributed by atoms with Crippen LogP contribution in [0.5, 0.6) is 11.5 Å². The summed E-state index contributed by atoms with van der Waals surface area (Å²) in [4.78, 5) is 24.5. The van der Waals surface area contributed by atoms with E-state index in [1.54, 1.807) is 24.3 Å². The second kappa shape index (κ2) is 10.7. The molecule has 0 bridgehead atoms. The van der Waals surface area contributed by atoms with Gasteiger partial charge in [-0.1, -0.05) is 46.3 Å². The maximum Gasteiger partial charge on any atom is 0.276 e. The van der Waals surface area contributed by atoms with Crippen LogP contribution in [0, 0.1) is 0 Å². The normalized spacial score (nSPS) is 10.3. The number of thiocarbonyl (C=S) groups is 1. The van der Waals surface area contributed by atoms with E-state index in [0.717, 1.165) is 15.2 Å². The Kier molecular flexibility index (Phi) is 7.80. The molecule has 0 saturated carbocycles. The highest BCUT2D eigenvalue weighted by molar-refractivity contribution is 9.10. The van der Waals surface area contributed by atoms with Crippen LogP contribution in [-0.4, -0.2) is 30.1 Å². The molecule has 0 aliphatic carbocycles. The van der Waals surface area contributed by atoms with Gasteiger partial charge in [-0.25, -0.2) is 0 Å². The number of amides is 2. The topological polar surface area (TPSA) is 88.7 Å². The van der Waals surface area contributed by atoms with E-state index in [1.807, 2.05) is 43.3 Å². The lowest BCUT2D eigenvalue weighted by molar-refractivity contribution is -0.123. The van der Waals surface area contributed by atoms with Crippen molar-refractivity contribution in [1.82, 2.24) is 16.2 Å². The monoisotopic (exact) mass is 501 g/mol. The van der Waals surface area contributed by atoms with Crippen molar-refractivity contribution >= 4 is 55.8 Å². The van der Waals surface area contributed by atoms with E-state index in [4.69, 9.17) is 21.7 Å². The van der Waals surface area contributed by atoms with Gasteiger partial charge in [-0.3, -0.25) is 25.8 Å². The quantitative estimate of drug-likeness (QED) is 0.352. The molecule has 0 unspecified atom stereocenters. The number of hydrogen-bond acceptors (Lipinski definition) is 5. The highest BCUT2D eigenvalue weighted by Gasteiger charge is 2.15. The number of rotatable bonds is 6. The number of fused-ring (bicyclic) bond motifs is 1. The Morgan fingerprint density at radius 1 is 0.968 bits per heavy atom. The van der Waals surface area contributed by atoms with E-state index >= 15 is 0 Å². The van der Waals surface area contributed by atoms with Crippen molar-refractivity contribution in [2.45, 2.75) is 6.92 Å². The number of hydrazine groups is 1. The number of ether oxygens (including phenoxy) is 2. The average molecular weight is 502 g/mol. The summed E-state index contributed by atoms with van der Waals surface area (Å²) in [6, 6.07) is 18.5. The van der Waals surface area contributed by atoms with Crippen molar-refractivity contribution in [3.05, 3.63) is 70.7 Å². The van der Waals surface area contributed by atoms with Gasteiger partial charge in [-0.05, 0) is 60.2 Å². The van der Waals surface area contributed by atoms with Gasteiger partial charge in [0.05, 0.1) is 12.2 Å². The summed E-state index contributed by atoms with van der Waals surface area (Å²) in [6.45, 7) is 2.02. The van der Waals surface area contributed by atoms with Crippen LogP contribution < -0.4 is 25.6 Å². The van der Waals surface area contributed by atoms with Crippen molar-refractivity contribution in [1.29, 1.82) is 0 Å². The van der Waals surface area contributed by atoms with Crippen LogP contribution in [0.1, 0.15) is 17.3 Å². The Bertz CT molecular complexity index is 1120. The average Bonchev–Trinajstić information content (AvgIpc) is 2.77. The van der Waals surface area contributed by atoms with Gasteiger partial charge in [-0.15, -0.1) is 0 Å². The molecule has 3 rings (SSSR count). The summed E-state index contributed by atoms with van der Waals surface area (Å²) in [7, 11) is 0. The van der Waals surface area contributed by atoms with Crippen LogP contribution in [0.2, 0.25) is 0 Å². The molecule has 0 heterocycles. The van der Waals surface area contributed by atoms with Crippen LogP contribution in [0.4, 0.5) is 0 Å². The predicted octanol–water partition coefficient (Wildman–Crippen LogP) is 3.72. The molecule has 9 heteroatoms. The third kappa shape index (κ3) is 6.40. The zero-order valence-corrected chi connectivity index (χ0v) is 19.0. The molecule has 3 aromatic carbocycles. The van der Waals surface area contributed by atoms with Gasteiger partial charge in [0.15, 0.2) is 11.7 Å². The molecule has 2 amide bonds. The van der Waals surface area contributed by atoms with E-state index in [1.165, 1.54) is 0 Å². The summed E-state index contributed by atoms with van der Waals surface area (Å²) in [6.07, 6.45) is 0. The molecular weight excluding hydrogens is 482 g/mol. The largest absolute Gasteiger partial charge is 0.493 e. The van der Waals surface area contributed by atoms with Gasteiger partial charge in [-0.2, -0.15) is 0 Å². The lowest BCUT2D eigenvalue weighted by Gasteiger charge is -2.13. The van der Waals surface area contributed by atoms with Gasteiger partial charge >= 0.3 is 0 Å². The first kappa shape index (κ1) is 22.5. The van der Waals surface area contributed by atoms with Crippen molar-refractivity contribution < 1.29 is 19.1 Å². The summed E-state index contributed by atoms with van der Waals surface area (Å²) < 4.78 is 11.7. The molecule has 3 aromatic rings. The molecule has 31 heavy (non-hydrogen) atoms. The lowest BCUT2D eigenvalue weighted by atomic mass is 10.1. The molecule has 0 aromatic heterocycles. The van der Waals surface area contributed by atoms with Crippen LogP contribution in [-0.2, 0) is 4.79 Å². The molecule has 3 N–H and O–H groups in total. The Balaban J connectivity index is 1.48. The highest BCUT2D eigenvalue weighted by atomic mass is 79.9. The smallest absolute Gasteiger partial charge is 0.276 e. The van der Waals surface area contributed by atoms with Gasteiger partial charge in [0.2, 0.25) is 0 Å². The van der Waals surface area contributed by atoms with Crippen molar-refractivity contribution in [3.8, 4) is 11.5 Å². The van der Waals surface area contributed by atoms with E-state index in [0.29, 0.717) is 23.7 Å². The summed E-state index contributed by atoms with van der Waals surface area (Å²) in [5, 5.41) is 4.53. The lowest BCUT2D eigenvalue weighted by Crippen LogP contribution is -2.49. The minimum atomic E-state index is -0.469. The summed E-state index contributed by atoms with van der Waals surface area (Å²) in [5.41, 5.74) is 5.18. The van der Waals surface area contributed by atoms with E-state index < -0.39 is 11.8 Å². The Morgan fingerprint density at radius 2 is 1.74 bits per heavy atom. The Labute approximate surface area is 193 Å². The van der Waals surface area contributed by atoms with E-state index in [-0.39, 0.29) is 11.7 Å². The predicted molar refractivity (Wildman–Crippen MR) is 126 cm³/mol. The van der Waals surface area contributed by atoms with Crippen molar-refractivity contribution in [2.75, 3.05) is 13.2 Å². The van der Waals surface area contributed by atoms with Gasteiger partial charge in [0, 0.05) is 4.47 Å². The first-order valence-corrected chi connectivity index (χ1v) is 10.6. The number of halogens is 1. The fourth-order valence-electron chi connectivity index (χ4n) is 2.73. The van der Waals surface area contributed by atoms with Crippen molar-refractivity contribution in [2.24, 2.45) is 0 Å². The Morgan fingerprint density at radius 3 is 2.52 bits per heavy atom. The van der Waals surface area contributed by atoms with Gasteiger partial charge in [0.1, 0.15) is 11.5 Å². The second-order valence-electron chi connectivity index (χ2n) is 6.33. The molecule has 0 aliphatic rings. The molecule has 0 radical (unpaired) electrons. The molecular formula is C22H20BrN3O4S. The first-order valence-electron chi connectivity index (χ1n) is 9.40. The molecule has 0 saturated heterocycles. The third-order valence-corrected chi connectivity index (χ3v) is 4.82. The van der Waals surface area contributed by atoms with Crippen LogP contribution in [0.15, 0.2) is 65.1 Å². The summed E-state index contributed by atoms with van der Waals surface area (Å²) >= 11 is 8.40. The van der Waals surface area contributed by atoms with E-state index in [9.17, 15) is 9.59 Å². The molecule has 0 aliphatic heterocycles. The van der Waals surface area contributed by atoms with Crippen molar-refractivity contribution in [3.63, 3.8) is 0 Å². The van der Waals surface area contributed by atoms with Crippen LogP contribution >= 0.6 is 28.1 Å². The maximum absolute atomic E-state index is 12.5. The second-order valence-corrected chi connectivity index (χ2v) is 7.65. The molecule has 160 valence electrons. The standard InChI is InChI=1S/C22H20BrN3O4S/c1-2-29-19-10-8-16(23)12-18(19)21(28)24-22(31)26-25-20(27)13-30-17-9-7-14-5-3-4-6-15(14)11-17/h3-12H,2,13H2,1H3,(H,25,27)(H2,24,26,28,31). The minimum absolute atomic E-state index is 0.0634. The molecule has 7 nitrogen and oxygen atoms in total. The van der Waals surface area contributed by atoms with E-state index in [2.05, 4.69) is 32.1 Å². The fraction of sp³-hybridized carbons (Fsp3) is 0.136. The zero-order valence-electron chi connectivity index (χ0n) is 16.6. The SMILES string of the molecule is CCOc1ccc(Br)cc1C(=O)NC(=S)NNC(=O)COc1ccc2ccccc2c1. The highest BCUT2D eigenvalue weighted by Crippen LogP contribution is 2.23. The first-order chi connectivity index (χ1) is 15.0. The number of carbonyl (C=O) groups excluding carboxylic acids is 2. The number of hydrogen-bond donors (Lipinski definition) is 3. The molecule has 0 fully saturated rings. The van der Waals surface area contributed by atoms with Crippen LogP contribution in [0.25, 0.3) is 10.8 Å². The third-order valence-electron chi connectivity index (χ3n) is 4.12. The number of carbonyl (C=O) groups is 2. The number of benzene rings is 3. The molecule has 0 atom stereocenters. The van der Waals surface area contributed by atoms with Gasteiger partial charge < -0.3 is 9.47 Å². The zero-order chi connectivity index (χ0) is 22.2. The maximum atomic E-state index is 12.5.